The van der Waals surface area contributed by atoms with Gasteiger partial charge in [-0.2, -0.15) is 11.3 Å². The average molecular weight is 305 g/mol. The van der Waals surface area contributed by atoms with Crippen molar-refractivity contribution >= 4 is 23.3 Å². The standard InChI is InChI=1S/C16H19NO3S/c1-11-9-14(12(2)20-11)15(18)5-7-17-16(19)4-3-13-6-8-21-10-13/h3-4,6,8-10,15,18H,5,7H2,1-2H3,(H,17,19)/b4-3+. The highest BCUT2D eigenvalue weighted by molar-refractivity contribution is 7.08. The van der Waals surface area contributed by atoms with Gasteiger partial charge in [0, 0.05) is 18.2 Å². The Morgan fingerprint density at radius 3 is 2.95 bits per heavy atom. The Hall–Kier alpha value is -1.85. The first kappa shape index (κ1) is 15.5. The van der Waals surface area contributed by atoms with Crippen molar-refractivity contribution in [2.45, 2.75) is 26.4 Å². The lowest BCUT2D eigenvalue weighted by Crippen LogP contribution is -2.23. The number of amides is 1. The predicted molar refractivity (Wildman–Crippen MR) is 84.1 cm³/mol. The van der Waals surface area contributed by atoms with Crippen LogP contribution in [0.5, 0.6) is 0 Å². The third-order valence-electron chi connectivity index (χ3n) is 3.13. The van der Waals surface area contributed by atoms with Crippen LogP contribution in [-0.2, 0) is 4.79 Å². The number of thiophene rings is 1. The van der Waals surface area contributed by atoms with Crippen LogP contribution in [0.3, 0.4) is 0 Å². The van der Waals surface area contributed by atoms with Crippen LogP contribution in [0.2, 0.25) is 0 Å². The maximum absolute atomic E-state index is 11.6. The van der Waals surface area contributed by atoms with Gasteiger partial charge >= 0.3 is 0 Å². The maximum Gasteiger partial charge on any atom is 0.244 e. The summed E-state index contributed by atoms with van der Waals surface area (Å²) in [5, 5.41) is 16.8. The Morgan fingerprint density at radius 1 is 1.52 bits per heavy atom. The lowest BCUT2D eigenvalue weighted by molar-refractivity contribution is -0.116. The van der Waals surface area contributed by atoms with Crippen molar-refractivity contribution < 1.29 is 14.3 Å². The molecule has 2 N–H and O–H groups in total. The molecule has 0 aliphatic rings. The first-order valence-electron chi connectivity index (χ1n) is 6.79. The highest BCUT2D eigenvalue weighted by Gasteiger charge is 2.14. The first-order chi connectivity index (χ1) is 10.1. The lowest BCUT2D eigenvalue weighted by Gasteiger charge is -2.09. The highest BCUT2D eigenvalue weighted by atomic mass is 32.1. The number of furan rings is 1. The first-order valence-corrected chi connectivity index (χ1v) is 7.73. The second-order valence-electron chi connectivity index (χ2n) is 4.85. The van der Waals surface area contributed by atoms with Crippen LogP contribution in [0.1, 0.15) is 35.2 Å². The van der Waals surface area contributed by atoms with Crippen molar-refractivity contribution in [2.24, 2.45) is 0 Å². The fourth-order valence-corrected chi connectivity index (χ4v) is 2.70. The molecule has 2 aromatic rings. The minimum absolute atomic E-state index is 0.159. The maximum atomic E-state index is 11.6. The molecule has 1 atom stereocenters. The Labute approximate surface area is 128 Å². The molecule has 1 amide bonds. The fraction of sp³-hybridized carbons (Fsp3) is 0.312. The number of aryl methyl sites for hydroxylation is 2. The van der Waals surface area contributed by atoms with E-state index in [2.05, 4.69) is 5.32 Å². The van der Waals surface area contributed by atoms with Crippen molar-refractivity contribution in [2.75, 3.05) is 6.54 Å². The van der Waals surface area contributed by atoms with E-state index in [1.54, 1.807) is 17.4 Å². The number of carbonyl (C=O) groups is 1. The van der Waals surface area contributed by atoms with E-state index in [1.165, 1.54) is 6.08 Å². The van der Waals surface area contributed by atoms with E-state index in [0.717, 1.165) is 22.6 Å². The molecule has 2 heterocycles. The SMILES string of the molecule is Cc1cc(C(O)CCNC(=O)/C=C/c2ccsc2)c(C)o1. The van der Waals surface area contributed by atoms with Crippen LogP contribution in [0.25, 0.3) is 6.08 Å². The molecule has 0 saturated carbocycles. The summed E-state index contributed by atoms with van der Waals surface area (Å²) >= 11 is 1.59. The molecule has 0 bridgehead atoms. The van der Waals surface area contributed by atoms with Crippen molar-refractivity contribution in [3.63, 3.8) is 0 Å². The summed E-state index contributed by atoms with van der Waals surface area (Å²) in [6, 6.07) is 3.78. The van der Waals surface area contributed by atoms with Gasteiger partial charge in [-0.15, -0.1) is 0 Å². The molecule has 0 aliphatic carbocycles. The number of nitrogens with one attached hydrogen (secondary N) is 1. The molecular formula is C16H19NO3S. The van der Waals surface area contributed by atoms with E-state index in [9.17, 15) is 9.90 Å². The summed E-state index contributed by atoms with van der Waals surface area (Å²) in [5.74, 6) is 1.35. The van der Waals surface area contributed by atoms with E-state index >= 15 is 0 Å². The minimum atomic E-state index is -0.622. The van der Waals surface area contributed by atoms with Gasteiger partial charge in [-0.25, -0.2) is 0 Å². The smallest absolute Gasteiger partial charge is 0.244 e. The molecule has 0 saturated heterocycles. The molecule has 5 heteroatoms. The van der Waals surface area contributed by atoms with Gasteiger partial charge in [-0.1, -0.05) is 0 Å². The second kappa shape index (κ2) is 7.24. The van der Waals surface area contributed by atoms with Gasteiger partial charge in [0.25, 0.3) is 0 Å². The van der Waals surface area contributed by atoms with Gasteiger partial charge in [0.15, 0.2) is 0 Å². The largest absolute Gasteiger partial charge is 0.466 e. The number of hydrogen-bond acceptors (Lipinski definition) is 4. The molecule has 0 aliphatic heterocycles. The molecule has 2 rings (SSSR count). The van der Waals surface area contributed by atoms with Gasteiger partial charge in [0.05, 0.1) is 6.10 Å². The van der Waals surface area contributed by atoms with E-state index in [0.29, 0.717) is 13.0 Å². The number of hydrogen-bond donors (Lipinski definition) is 2. The summed E-state index contributed by atoms with van der Waals surface area (Å²) in [6.07, 6.45) is 3.11. The molecule has 1 unspecified atom stereocenters. The molecule has 21 heavy (non-hydrogen) atoms. The zero-order valence-corrected chi connectivity index (χ0v) is 12.9. The van der Waals surface area contributed by atoms with Gasteiger partial charge < -0.3 is 14.8 Å². The van der Waals surface area contributed by atoms with Gasteiger partial charge in [-0.05, 0) is 54.8 Å². The van der Waals surface area contributed by atoms with Gasteiger partial charge in [0.2, 0.25) is 5.91 Å². The van der Waals surface area contributed by atoms with Crippen LogP contribution < -0.4 is 5.32 Å². The molecule has 0 radical (unpaired) electrons. The molecule has 4 nitrogen and oxygen atoms in total. The van der Waals surface area contributed by atoms with Crippen LogP contribution in [0.4, 0.5) is 0 Å². The predicted octanol–water partition coefficient (Wildman–Crippen LogP) is 3.21. The van der Waals surface area contributed by atoms with Crippen molar-refractivity contribution in [3.05, 3.63) is 51.6 Å². The van der Waals surface area contributed by atoms with Crippen LogP contribution >= 0.6 is 11.3 Å². The second-order valence-corrected chi connectivity index (χ2v) is 5.63. The summed E-state index contributed by atoms with van der Waals surface area (Å²) in [7, 11) is 0. The molecular weight excluding hydrogens is 286 g/mol. The van der Waals surface area contributed by atoms with E-state index in [1.807, 2.05) is 36.7 Å². The zero-order valence-electron chi connectivity index (χ0n) is 12.1. The van der Waals surface area contributed by atoms with Gasteiger partial charge in [0.1, 0.15) is 11.5 Å². The molecule has 2 aromatic heterocycles. The third kappa shape index (κ3) is 4.58. The van der Waals surface area contributed by atoms with E-state index in [4.69, 9.17) is 4.42 Å². The number of aliphatic hydroxyl groups excluding tert-OH is 1. The molecule has 0 fully saturated rings. The van der Waals surface area contributed by atoms with Crippen LogP contribution in [-0.4, -0.2) is 17.6 Å². The quantitative estimate of drug-likeness (QED) is 0.806. The number of aliphatic hydroxyl groups is 1. The van der Waals surface area contributed by atoms with Gasteiger partial charge in [-0.3, -0.25) is 4.79 Å². The Balaban J connectivity index is 1.76. The summed E-state index contributed by atoms with van der Waals surface area (Å²) in [4.78, 5) is 11.6. The third-order valence-corrected chi connectivity index (χ3v) is 3.83. The fourth-order valence-electron chi connectivity index (χ4n) is 2.07. The topological polar surface area (TPSA) is 62.5 Å². The monoisotopic (exact) mass is 305 g/mol. The number of carbonyl (C=O) groups excluding carboxylic acids is 1. The van der Waals surface area contributed by atoms with E-state index < -0.39 is 6.10 Å². The molecule has 0 spiro atoms. The molecule has 0 aromatic carbocycles. The summed E-state index contributed by atoms with van der Waals surface area (Å²) in [5.41, 5.74) is 1.80. The number of rotatable bonds is 6. The zero-order chi connectivity index (χ0) is 15.2. The Morgan fingerprint density at radius 2 is 2.33 bits per heavy atom. The van der Waals surface area contributed by atoms with E-state index in [-0.39, 0.29) is 5.91 Å². The highest BCUT2D eigenvalue weighted by Crippen LogP contribution is 2.23. The minimum Gasteiger partial charge on any atom is -0.466 e. The lowest BCUT2D eigenvalue weighted by atomic mass is 10.1. The van der Waals surface area contributed by atoms with Crippen LogP contribution in [0, 0.1) is 13.8 Å². The van der Waals surface area contributed by atoms with Crippen molar-refractivity contribution in [1.82, 2.24) is 5.32 Å². The van der Waals surface area contributed by atoms with Crippen molar-refractivity contribution in [3.8, 4) is 0 Å². The van der Waals surface area contributed by atoms with Crippen molar-refractivity contribution in [1.29, 1.82) is 0 Å². The summed E-state index contributed by atoms with van der Waals surface area (Å²) < 4.78 is 5.39. The van der Waals surface area contributed by atoms with Crippen LogP contribution in [0.15, 0.2) is 33.4 Å². The Bertz CT molecular complexity index is 614. The Kier molecular flexibility index (Phi) is 5.36. The average Bonchev–Trinajstić information content (AvgIpc) is 3.05. The summed E-state index contributed by atoms with van der Waals surface area (Å²) in [6.45, 7) is 4.09. The normalized spacial score (nSPS) is 12.7. The molecule has 112 valence electrons.